The van der Waals surface area contributed by atoms with E-state index in [1.165, 1.54) is 24.3 Å². The molecule has 0 aromatic heterocycles. The highest BCUT2D eigenvalue weighted by Gasteiger charge is 2.56. The molecule has 6 heterocycles. The van der Waals surface area contributed by atoms with Gasteiger partial charge >= 0.3 is 7.12 Å². The summed E-state index contributed by atoms with van der Waals surface area (Å²) in [6.07, 6.45) is 0. The van der Waals surface area contributed by atoms with Crippen LogP contribution in [0.4, 0.5) is 51.2 Å². The standard InChI is InChI=1S/C49H30N2O7S3.C24H24BNO4S.C13H6Br2O3S.H38P36/c52-49-37-29-33(31-11-9-13-35(27-31)50-39-15-1-5-19-45(39)60(55,56)46-20-6-2-16-40(46)50)23-25-43(37)59(53,54)44-26-24-34(30-38(44)49)32-12-10-14-36(28-32)51-41-17-3-7-21-47(41)61(57,58)48-22-8-4-18-42(48)51;1-23(2)24(3,4)30-25(29-23)17-10-9-11-18(16-17)26-19-12-5-7-14-21(19)31(27,28)22-15-8-6-13-20(22)26;14-7-1-3-11-9(5-7)13(16)10-6-8(15)2-4-12(10)19(11,17)18;1-20(2)29(19)34(30(21(3)4)22(5)6)36(33(27(15)16)28(17)18)35(31(23(7)8)24(9)10)32(25(11)12)26(13)14/h1-30H;5-16H,1-4H3;1-6H;1-19H2. The Morgan fingerprint density at radius 1 is 0.245 bits per heavy atom. The van der Waals surface area contributed by atoms with Gasteiger partial charge in [-0.3, -0.25) is 9.59 Å². The molecule has 768 valence electrons. The number of hydrogen-bond acceptors (Lipinski definition) is 17. The van der Waals surface area contributed by atoms with Crippen LogP contribution in [0.3, 0.4) is 0 Å². The molecule has 0 N–H and O–H groups in total. The average Bonchev–Trinajstić information content (AvgIpc) is 0.845. The zero-order valence-corrected chi connectivity index (χ0v) is 122. The molecule has 6 aliphatic rings. The number of benzene rings is 13. The molecule has 6 aliphatic heterocycles. The van der Waals surface area contributed by atoms with Crippen molar-refractivity contribution in [2.24, 2.45) is 0 Å². The number of carbonyl (C=O) groups is 2. The van der Waals surface area contributed by atoms with Crippen LogP contribution >= 0.6 is 320 Å². The summed E-state index contributed by atoms with van der Waals surface area (Å²) in [5.74, 6) is -0.716. The Morgan fingerprint density at radius 2 is 0.476 bits per heavy atom. The Labute approximate surface area is 942 Å². The van der Waals surface area contributed by atoms with E-state index in [1.807, 2.05) is 139 Å². The number of carbonyl (C=O) groups excluding carboxylic acids is 2. The molecule has 1 fully saturated rings. The quantitative estimate of drug-likeness (QED) is 0.0453. The number of fused-ring (bicyclic) bond motifs is 10. The lowest BCUT2D eigenvalue weighted by atomic mass is 9.79. The number of para-hydroxylation sites is 6. The molecule has 0 spiro atoms. The van der Waals surface area contributed by atoms with Gasteiger partial charge in [0.15, 0.2) is 11.6 Å². The zero-order chi connectivity index (χ0) is 106. The number of nitrogens with zero attached hydrogens (tertiary/aromatic N) is 3. The van der Waals surface area contributed by atoms with Gasteiger partial charge in [0.2, 0.25) is 49.2 Å². The minimum atomic E-state index is -4.09. The first-order valence-electron chi connectivity index (χ1n) is 42.9. The van der Waals surface area contributed by atoms with Gasteiger partial charge in [-0.15, -0.1) is 170 Å². The molecule has 0 bridgehead atoms. The topological polar surface area (TPSA) is 233 Å². The molecule has 19 rings (SSSR count). The van der Waals surface area contributed by atoms with E-state index >= 15 is 0 Å². The first-order valence-corrected chi connectivity index (χ1v) is 117. The molecule has 13 aromatic rings. The fraction of sp³-hybridized carbons (Fsp3) is 0.0698. The van der Waals surface area contributed by atoms with E-state index in [1.54, 1.807) is 170 Å². The molecule has 22 atom stereocenters. The molecular formula is C86H98BBr2N3O14P36S5. The maximum Gasteiger partial charge on any atom is 0.494 e. The summed E-state index contributed by atoms with van der Waals surface area (Å²) in [5, 5.41) is 0. The largest absolute Gasteiger partial charge is 0.494 e. The summed E-state index contributed by atoms with van der Waals surface area (Å²) in [6.45, 7) is 7.01. The third-order valence-electron chi connectivity index (χ3n) is 23.9. The third-order valence-corrected chi connectivity index (χ3v) is 277. The van der Waals surface area contributed by atoms with Gasteiger partial charge in [-0.2, -0.15) is 0 Å². The average molecular weight is 2840 g/mol. The summed E-state index contributed by atoms with van der Waals surface area (Å²) in [7, 11) is 44.3. The molecule has 0 radical (unpaired) electrons. The van der Waals surface area contributed by atoms with E-state index in [4.69, 9.17) is 9.31 Å². The normalized spacial score (nSPS) is 17.0. The Balaban J connectivity index is 0.000000153. The highest BCUT2D eigenvalue weighted by Crippen LogP contribution is 3.41. The van der Waals surface area contributed by atoms with Crippen molar-refractivity contribution in [2.75, 3.05) is 14.7 Å². The van der Waals surface area contributed by atoms with Crippen LogP contribution in [0.1, 0.15) is 59.5 Å². The van der Waals surface area contributed by atoms with Crippen LogP contribution in [-0.2, 0) is 58.5 Å². The Bertz CT molecular complexity index is 7460. The minimum Gasteiger partial charge on any atom is -0.399 e. The number of hydrogen-bond donors (Lipinski definition) is 0. The monoisotopic (exact) mass is 2840 g/mol. The van der Waals surface area contributed by atoms with E-state index in [0.29, 0.717) is 86.5 Å². The van der Waals surface area contributed by atoms with Crippen molar-refractivity contribution in [1.82, 2.24) is 0 Å². The Kier molecular flexibility index (Phi) is 43.6. The zero-order valence-electron chi connectivity index (χ0n) is 77.7. The second kappa shape index (κ2) is 51.7. The van der Waals surface area contributed by atoms with Gasteiger partial charge in [0.25, 0.3) is 0 Å². The second-order valence-corrected chi connectivity index (χ2v) is 191. The van der Waals surface area contributed by atoms with E-state index in [2.05, 4.69) is 201 Å². The van der Waals surface area contributed by atoms with Crippen molar-refractivity contribution in [3.63, 3.8) is 0 Å². The minimum absolute atomic E-state index is 0.0106. The van der Waals surface area contributed by atoms with Crippen molar-refractivity contribution in [1.29, 1.82) is 0 Å². The number of rotatable bonds is 22. The number of halogens is 2. The van der Waals surface area contributed by atoms with Crippen molar-refractivity contribution in [2.45, 2.75) is 87.9 Å². The lowest BCUT2D eigenvalue weighted by Crippen LogP contribution is -2.41. The molecule has 61 heteroatoms. The summed E-state index contributed by atoms with van der Waals surface area (Å²) in [6, 6.07) is 83.1. The van der Waals surface area contributed by atoms with Crippen LogP contribution in [0.5, 0.6) is 0 Å². The number of ketones is 2. The molecule has 0 aliphatic carbocycles. The van der Waals surface area contributed by atoms with Crippen molar-refractivity contribution < 1.29 is 61.0 Å². The van der Waals surface area contributed by atoms with Crippen molar-refractivity contribution in [3.05, 3.63) is 322 Å². The predicted octanol–water partition coefficient (Wildman–Crippen LogP) is 39.7. The summed E-state index contributed by atoms with van der Waals surface area (Å²) in [4.78, 5) is 33.9. The first kappa shape index (κ1) is 124. The number of anilines is 9. The molecule has 0 amide bonds. The molecule has 0 saturated carbocycles. The van der Waals surface area contributed by atoms with Gasteiger partial charge in [-0.1, -0.05) is 153 Å². The Morgan fingerprint density at radius 3 is 0.755 bits per heavy atom. The summed E-state index contributed by atoms with van der Waals surface area (Å²) in [5.41, 5.74) is 8.59. The van der Waals surface area contributed by atoms with Gasteiger partial charge in [-0.25, -0.2) is 42.1 Å². The van der Waals surface area contributed by atoms with Gasteiger partial charge in [0, 0.05) is 48.3 Å². The predicted molar refractivity (Wildman–Crippen MR) is 735 cm³/mol. The highest BCUT2D eigenvalue weighted by atomic mass is 79.9. The fourth-order valence-electron chi connectivity index (χ4n) is 16.8. The van der Waals surface area contributed by atoms with Gasteiger partial charge in [0.1, 0.15) is 0 Å². The molecule has 13 aromatic carbocycles. The van der Waals surface area contributed by atoms with Crippen LogP contribution < -0.4 is 20.2 Å². The first-order chi connectivity index (χ1) is 69.3. The van der Waals surface area contributed by atoms with E-state index in [0.717, 1.165) is 11.2 Å². The van der Waals surface area contributed by atoms with E-state index in [-0.39, 0.29) is 186 Å². The van der Waals surface area contributed by atoms with E-state index < -0.39 is 73.3 Å². The van der Waals surface area contributed by atoms with Crippen molar-refractivity contribution >= 4 is 445 Å². The lowest BCUT2D eigenvalue weighted by molar-refractivity contribution is 0.00578. The van der Waals surface area contributed by atoms with Crippen LogP contribution in [-0.4, -0.2) is 72.0 Å². The highest BCUT2D eigenvalue weighted by molar-refractivity contribution is 9.47. The van der Waals surface area contributed by atoms with Crippen LogP contribution in [0, 0.1) is 0 Å². The molecule has 22 unspecified atom stereocenters. The molecular weight excluding hydrogens is 2740 g/mol. The number of sulfone groups is 5. The molecule has 147 heavy (non-hydrogen) atoms. The molecule has 17 nitrogen and oxygen atoms in total. The third kappa shape index (κ3) is 25.8. The van der Waals surface area contributed by atoms with Gasteiger partial charge in [-0.05, 0) is 344 Å². The smallest absolute Gasteiger partial charge is 0.399 e. The van der Waals surface area contributed by atoms with E-state index in [9.17, 15) is 51.7 Å². The molecule has 1 saturated heterocycles. The van der Waals surface area contributed by atoms with Gasteiger partial charge < -0.3 is 24.0 Å². The SMILES string of the molecule is CC1(C)OB(c2cccc(N3c4ccccc4S(=O)(=O)c4ccccc43)c2)OC1(C)C.O=C1c2cc(-c3cccc(N4c5ccccc5S(=O)(=O)c5ccccc54)c3)ccc2S(=O)(=O)c2ccc(-c3cccc(N4c5ccccc5S(=O)(=O)c5ccccc54)c3)cc21.O=C1c2cc(Br)ccc2S(=O)(=O)c2ccc(Br)cc21.PP(P)P(P)P(P(P(P)P)P(P)P)P(P(P(P)P)P(P)P)P(P(P(P)P)P(P)P)P(P(P)P)P(P)P. The summed E-state index contributed by atoms with van der Waals surface area (Å²) >= 11 is 6.51. The summed E-state index contributed by atoms with van der Waals surface area (Å²) < 4.78 is 148. The van der Waals surface area contributed by atoms with Crippen LogP contribution in [0.15, 0.2) is 349 Å². The second-order valence-electron chi connectivity index (χ2n) is 33.6. The lowest BCUT2D eigenvalue weighted by Gasteiger charge is -2.54. The van der Waals surface area contributed by atoms with Crippen LogP contribution in [0.2, 0.25) is 0 Å². The van der Waals surface area contributed by atoms with Gasteiger partial charge in [0.05, 0.1) is 94.3 Å². The van der Waals surface area contributed by atoms with Crippen molar-refractivity contribution in [3.8, 4) is 22.3 Å². The maximum atomic E-state index is 14.5. The van der Waals surface area contributed by atoms with Crippen LogP contribution in [0.25, 0.3) is 22.3 Å². The Hall–Kier alpha value is 4.77. The fourth-order valence-corrected chi connectivity index (χ4v) is 503. The maximum absolute atomic E-state index is 14.5.